The number of carbonyl (C=O) groups excluding carboxylic acids is 1. The Hall–Kier alpha value is -1.90. The van der Waals surface area contributed by atoms with Gasteiger partial charge in [0.25, 0.3) is 0 Å². The minimum absolute atomic E-state index is 0.147. The highest BCUT2D eigenvalue weighted by atomic mass is 16.1. The third-order valence-corrected chi connectivity index (χ3v) is 3.20. The zero-order valence-corrected chi connectivity index (χ0v) is 11.1. The maximum atomic E-state index is 12.1. The number of benzene rings is 1. The average Bonchev–Trinajstić information content (AvgIpc) is 2.80. The number of nitrogens with zero attached hydrogens (tertiary/aromatic N) is 2. The van der Waals surface area contributed by atoms with Gasteiger partial charge in [-0.05, 0) is 43.5 Å². The van der Waals surface area contributed by atoms with Gasteiger partial charge in [0.15, 0.2) is 5.78 Å². The molecule has 0 unspecified atom stereocenters. The molecule has 2 rings (SSSR count). The maximum absolute atomic E-state index is 12.1. The Balaban J connectivity index is 2.14. The van der Waals surface area contributed by atoms with Gasteiger partial charge in [-0.15, -0.1) is 0 Å². The first-order valence-electron chi connectivity index (χ1n) is 6.22. The first kappa shape index (κ1) is 12.6. The standard InChI is InChI=1S/C15H18N2O/c1-4-17-10-13(9-16-17)8-15(18)14-6-5-11(2)12(3)7-14/h5-7,9-10H,4,8H2,1-3H3. The summed E-state index contributed by atoms with van der Waals surface area (Å²) in [7, 11) is 0. The summed E-state index contributed by atoms with van der Waals surface area (Å²) >= 11 is 0. The van der Waals surface area contributed by atoms with E-state index in [0.29, 0.717) is 6.42 Å². The molecule has 0 bridgehead atoms. The highest BCUT2D eigenvalue weighted by molar-refractivity contribution is 5.97. The van der Waals surface area contributed by atoms with E-state index in [2.05, 4.69) is 12.0 Å². The first-order valence-corrected chi connectivity index (χ1v) is 6.22. The number of aromatic nitrogens is 2. The number of aryl methyl sites for hydroxylation is 3. The number of carbonyl (C=O) groups is 1. The normalized spacial score (nSPS) is 10.6. The molecule has 94 valence electrons. The third-order valence-electron chi connectivity index (χ3n) is 3.20. The van der Waals surface area contributed by atoms with Crippen LogP contribution >= 0.6 is 0 Å². The zero-order chi connectivity index (χ0) is 13.1. The molecule has 2 aromatic rings. The van der Waals surface area contributed by atoms with Gasteiger partial charge in [0.05, 0.1) is 6.20 Å². The Morgan fingerprint density at radius 3 is 2.67 bits per heavy atom. The lowest BCUT2D eigenvalue weighted by molar-refractivity contribution is 0.0993. The second kappa shape index (κ2) is 5.17. The van der Waals surface area contributed by atoms with E-state index in [1.165, 1.54) is 5.56 Å². The van der Waals surface area contributed by atoms with Crippen LogP contribution in [-0.2, 0) is 13.0 Å². The molecule has 0 saturated heterocycles. The Bertz CT molecular complexity index is 570. The summed E-state index contributed by atoms with van der Waals surface area (Å²) in [6.45, 7) is 6.94. The number of hydrogen-bond donors (Lipinski definition) is 0. The van der Waals surface area contributed by atoms with Crippen LogP contribution in [0.25, 0.3) is 0 Å². The van der Waals surface area contributed by atoms with Gasteiger partial charge in [-0.1, -0.05) is 12.1 Å². The molecular formula is C15H18N2O. The van der Waals surface area contributed by atoms with E-state index < -0.39 is 0 Å². The second-order valence-corrected chi connectivity index (χ2v) is 4.60. The van der Waals surface area contributed by atoms with Crippen molar-refractivity contribution in [2.24, 2.45) is 0 Å². The number of rotatable bonds is 4. The van der Waals surface area contributed by atoms with Crippen LogP contribution in [-0.4, -0.2) is 15.6 Å². The van der Waals surface area contributed by atoms with Crippen LogP contribution in [0.2, 0.25) is 0 Å². The largest absolute Gasteiger partial charge is 0.294 e. The van der Waals surface area contributed by atoms with Crippen molar-refractivity contribution in [3.05, 3.63) is 52.8 Å². The van der Waals surface area contributed by atoms with Crippen molar-refractivity contribution in [3.63, 3.8) is 0 Å². The monoisotopic (exact) mass is 242 g/mol. The number of Topliss-reactive ketones (excluding diaryl/α,β-unsaturated/α-hetero) is 1. The van der Waals surface area contributed by atoms with E-state index in [4.69, 9.17) is 0 Å². The summed E-state index contributed by atoms with van der Waals surface area (Å²) in [5.74, 6) is 0.147. The molecule has 0 aliphatic carbocycles. The molecule has 0 saturated carbocycles. The van der Waals surface area contributed by atoms with Gasteiger partial charge in [0.2, 0.25) is 0 Å². The second-order valence-electron chi connectivity index (χ2n) is 4.60. The fourth-order valence-electron chi connectivity index (χ4n) is 1.87. The molecule has 0 amide bonds. The predicted molar refractivity (Wildman–Crippen MR) is 71.9 cm³/mol. The predicted octanol–water partition coefficient (Wildman–Crippen LogP) is 2.95. The van der Waals surface area contributed by atoms with Gasteiger partial charge in [0, 0.05) is 24.7 Å². The molecule has 1 aromatic carbocycles. The first-order chi connectivity index (χ1) is 8.60. The van der Waals surface area contributed by atoms with Crippen molar-refractivity contribution in [3.8, 4) is 0 Å². The molecule has 1 heterocycles. The highest BCUT2D eigenvalue weighted by Crippen LogP contribution is 2.12. The summed E-state index contributed by atoms with van der Waals surface area (Å²) in [6, 6.07) is 5.86. The summed E-state index contributed by atoms with van der Waals surface area (Å²) in [6.07, 6.45) is 4.11. The minimum atomic E-state index is 0.147. The topological polar surface area (TPSA) is 34.9 Å². The number of hydrogen-bond acceptors (Lipinski definition) is 2. The molecule has 0 fully saturated rings. The molecular weight excluding hydrogens is 224 g/mol. The van der Waals surface area contributed by atoms with Gasteiger partial charge in [0.1, 0.15) is 0 Å². The maximum Gasteiger partial charge on any atom is 0.167 e. The fraction of sp³-hybridized carbons (Fsp3) is 0.333. The van der Waals surface area contributed by atoms with Crippen LogP contribution < -0.4 is 0 Å². The molecule has 0 radical (unpaired) electrons. The van der Waals surface area contributed by atoms with Crippen molar-refractivity contribution in [1.29, 1.82) is 0 Å². The van der Waals surface area contributed by atoms with Crippen LogP contribution in [0.3, 0.4) is 0 Å². The van der Waals surface area contributed by atoms with Crippen molar-refractivity contribution in [2.45, 2.75) is 33.7 Å². The van der Waals surface area contributed by atoms with E-state index in [1.807, 2.05) is 42.9 Å². The van der Waals surface area contributed by atoms with Gasteiger partial charge < -0.3 is 0 Å². The molecule has 0 aliphatic heterocycles. The Kier molecular flexibility index (Phi) is 3.60. The summed E-state index contributed by atoms with van der Waals surface area (Å²) in [4.78, 5) is 12.1. The van der Waals surface area contributed by atoms with Crippen LogP contribution in [0.15, 0.2) is 30.6 Å². The Labute approximate surface area is 107 Å². The van der Waals surface area contributed by atoms with Crippen molar-refractivity contribution >= 4 is 5.78 Å². The average molecular weight is 242 g/mol. The van der Waals surface area contributed by atoms with Gasteiger partial charge in [-0.2, -0.15) is 5.10 Å². The van der Waals surface area contributed by atoms with E-state index in [9.17, 15) is 4.79 Å². The summed E-state index contributed by atoms with van der Waals surface area (Å²) in [5.41, 5.74) is 4.12. The molecule has 0 aliphatic rings. The van der Waals surface area contributed by atoms with E-state index in [-0.39, 0.29) is 5.78 Å². The lowest BCUT2D eigenvalue weighted by Crippen LogP contribution is -2.03. The summed E-state index contributed by atoms with van der Waals surface area (Å²) in [5, 5.41) is 4.18. The van der Waals surface area contributed by atoms with E-state index in [1.54, 1.807) is 6.20 Å². The van der Waals surface area contributed by atoms with Crippen molar-refractivity contribution in [1.82, 2.24) is 9.78 Å². The van der Waals surface area contributed by atoms with Crippen LogP contribution in [0.1, 0.15) is 34.0 Å². The molecule has 0 spiro atoms. The lowest BCUT2D eigenvalue weighted by Gasteiger charge is -2.03. The smallest absolute Gasteiger partial charge is 0.167 e. The van der Waals surface area contributed by atoms with E-state index >= 15 is 0 Å². The third kappa shape index (κ3) is 2.67. The minimum Gasteiger partial charge on any atom is -0.294 e. The molecule has 18 heavy (non-hydrogen) atoms. The quantitative estimate of drug-likeness (QED) is 0.773. The van der Waals surface area contributed by atoms with Gasteiger partial charge >= 0.3 is 0 Å². The van der Waals surface area contributed by atoms with Crippen LogP contribution in [0.5, 0.6) is 0 Å². The van der Waals surface area contributed by atoms with Crippen LogP contribution in [0.4, 0.5) is 0 Å². The Morgan fingerprint density at radius 2 is 2.06 bits per heavy atom. The van der Waals surface area contributed by atoms with Gasteiger partial charge in [-0.3, -0.25) is 9.48 Å². The molecule has 3 heteroatoms. The van der Waals surface area contributed by atoms with Crippen molar-refractivity contribution in [2.75, 3.05) is 0 Å². The Morgan fingerprint density at radius 1 is 1.28 bits per heavy atom. The SMILES string of the molecule is CCn1cc(CC(=O)c2ccc(C)c(C)c2)cn1. The van der Waals surface area contributed by atoms with Crippen molar-refractivity contribution < 1.29 is 4.79 Å². The molecule has 1 aromatic heterocycles. The molecule has 3 nitrogen and oxygen atoms in total. The van der Waals surface area contributed by atoms with Crippen LogP contribution in [0, 0.1) is 13.8 Å². The molecule has 0 N–H and O–H groups in total. The summed E-state index contributed by atoms with van der Waals surface area (Å²) < 4.78 is 1.84. The van der Waals surface area contributed by atoms with Gasteiger partial charge in [-0.25, -0.2) is 0 Å². The zero-order valence-electron chi connectivity index (χ0n) is 11.1. The highest BCUT2D eigenvalue weighted by Gasteiger charge is 2.09. The van der Waals surface area contributed by atoms with E-state index in [0.717, 1.165) is 23.2 Å². The fourth-order valence-corrected chi connectivity index (χ4v) is 1.87. The lowest BCUT2D eigenvalue weighted by atomic mass is 10.0. The number of ketones is 1. The molecule has 0 atom stereocenters.